The predicted octanol–water partition coefficient (Wildman–Crippen LogP) is 3.44. The van der Waals surface area contributed by atoms with E-state index in [-0.39, 0.29) is 12.1 Å². The zero-order valence-electron chi connectivity index (χ0n) is 15.6. The molecule has 2 atom stereocenters. The number of pyridine rings is 1. The molecule has 0 spiro atoms. The number of carbonyl (C=O) groups excluding carboxylic acids is 1. The summed E-state index contributed by atoms with van der Waals surface area (Å²) in [4.78, 5) is 23.0. The first-order valence-corrected chi connectivity index (χ1v) is 8.84. The summed E-state index contributed by atoms with van der Waals surface area (Å²) in [5.41, 5.74) is 2.32. The Morgan fingerprint density at radius 3 is 2.75 bits per heavy atom. The van der Waals surface area contributed by atoms with E-state index < -0.39 is 11.7 Å². The van der Waals surface area contributed by atoms with E-state index in [4.69, 9.17) is 4.74 Å². The number of fused-ring (bicyclic) bond motifs is 1. The van der Waals surface area contributed by atoms with E-state index in [1.165, 1.54) is 0 Å². The van der Waals surface area contributed by atoms with Gasteiger partial charge >= 0.3 is 5.92 Å². The molecule has 1 saturated heterocycles. The van der Waals surface area contributed by atoms with Crippen molar-refractivity contribution in [3.05, 3.63) is 36.0 Å². The molecule has 0 bridgehead atoms. The third kappa shape index (κ3) is 3.11. The van der Waals surface area contributed by atoms with Crippen molar-refractivity contribution in [3.63, 3.8) is 0 Å². The number of ether oxygens (including phenoxy) is 1. The van der Waals surface area contributed by atoms with E-state index in [1.54, 1.807) is 25.3 Å². The van der Waals surface area contributed by atoms with Crippen LogP contribution in [0.5, 0.6) is 0 Å². The molecule has 2 unspecified atom stereocenters. The van der Waals surface area contributed by atoms with Gasteiger partial charge in [-0.25, -0.2) is 15.0 Å². The van der Waals surface area contributed by atoms with Crippen LogP contribution in [0.1, 0.15) is 31.4 Å². The summed E-state index contributed by atoms with van der Waals surface area (Å²) in [5, 5.41) is 3.27. The van der Waals surface area contributed by atoms with Gasteiger partial charge in [-0.05, 0) is 26.0 Å². The molecule has 0 saturated carbocycles. The average molecular weight is 387 g/mol. The first-order chi connectivity index (χ1) is 13.3. The van der Waals surface area contributed by atoms with E-state index in [2.05, 4.69) is 20.3 Å². The highest BCUT2D eigenvalue weighted by Crippen LogP contribution is 2.37. The van der Waals surface area contributed by atoms with E-state index in [0.29, 0.717) is 35.8 Å². The third-order valence-corrected chi connectivity index (χ3v) is 4.88. The lowest BCUT2D eigenvalue weighted by Crippen LogP contribution is -2.38. The highest BCUT2D eigenvalue weighted by atomic mass is 19.3. The van der Waals surface area contributed by atoms with Crippen LogP contribution in [-0.4, -0.2) is 38.6 Å². The number of nitrogens with zero attached hydrogens (tertiary/aromatic N) is 4. The zero-order chi connectivity index (χ0) is 20.1. The fraction of sp³-hybridized carbons (Fsp3) is 0.368. The number of aryl methyl sites for hydroxylation is 1. The van der Waals surface area contributed by atoms with Crippen molar-refractivity contribution < 1.29 is 18.3 Å². The van der Waals surface area contributed by atoms with Gasteiger partial charge in [0.1, 0.15) is 5.82 Å². The normalized spacial score (nSPS) is 19.5. The average Bonchev–Trinajstić information content (AvgIpc) is 2.98. The minimum Gasteiger partial charge on any atom is -0.374 e. The fourth-order valence-corrected chi connectivity index (χ4v) is 3.35. The van der Waals surface area contributed by atoms with Crippen molar-refractivity contribution in [1.82, 2.24) is 19.5 Å². The molecule has 1 amide bonds. The Bertz CT molecular complexity index is 1060. The molecule has 1 aliphatic rings. The molecule has 0 aliphatic carbocycles. The number of nitrogens with one attached hydrogen (secondary N) is 1. The highest BCUT2D eigenvalue weighted by molar-refractivity contribution is 5.97. The zero-order valence-corrected chi connectivity index (χ0v) is 15.6. The number of rotatable bonds is 5. The molecule has 28 heavy (non-hydrogen) atoms. The van der Waals surface area contributed by atoms with Crippen LogP contribution in [0.2, 0.25) is 0 Å². The molecule has 1 fully saturated rings. The van der Waals surface area contributed by atoms with Crippen LogP contribution < -0.4 is 5.32 Å². The van der Waals surface area contributed by atoms with Crippen LogP contribution in [0.4, 0.5) is 14.6 Å². The van der Waals surface area contributed by atoms with Crippen LogP contribution in [0.25, 0.3) is 22.2 Å². The van der Waals surface area contributed by atoms with Gasteiger partial charge < -0.3 is 14.6 Å². The Hall–Kier alpha value is -2.94. The maximum Gasteiger partial charge on any atom is 0.303 e. The Balaban J connectivity index is 1.94. The van der Waals surface area contributed by atoms with Crippen LogP contribution in [0.3, 0.4) is 0 Å². The molecule has 146 valence electrons. The number of anilines is 1. The van der Waals surface area contributed by atoms with Crippen LogP contribution in [-0.2, 0) is 15.5 Å². The van der Waals surface area contributed by atoms with Gasteiger partial charge in [-0.2, -0.15) is 8.78 Å². The SMILES string of the molecule is Cc1cc(-c2cn(C3COC3C)c3cnc(NC=O)cc23)nc(C(C)(F)F)n1. The van der Waals surface area contributed by atoms with Gasteiger partial charge in [0.15, 0.2) is 5.82 Å². The summed E-state index contributed by atoms with van der Waals surface area (Å²) >= 11 is 0. The summed E-state index contributed by atoms with van der Waals surface area (Å²) in [6.45, 7) is 4.96. The fourth-order valence-electron chi connectivity index (χ4n) is 3.35. The molecule has 1 N–H and O–H groups in total. The summed E-state index contributed by atoms with van der Waals surface area (Å²) in [6, 6.07) is 3.49. The van der Waals surface area contributed by atoms with Crippen molar-refractivity contribution >= 4 is 23.1 Å². The lowest BCUT2D eigenvalue weighted by molar-refractivity contribution is -0.105. The summed E-state index contributed by atoms with van der Waals surface area (Å²) in [7, 11) is 0. The molecule has 1 aliphatic heterocycles. The lowest BCUT2D eigenvalue weighted by atomic mass is 10.1. The molecule has 4 rings (SSSR count). The van der Waals surface area contributed by atoms with E-state index in [0.717, 1.165) is 17.8 Å². The molecular weight excluding hydrogens is 368 g/mol. The van der Waals surface area contributed by atoms with Crippen molar-refractivity contribution in [1.29, 1.82) is 0 Å². The number of halogens is 2. The highest BCUT2D eigenvalue weighted by Gasteiger charge is 2.32. The predicted molar refractivity (Wildman–Crippen MR) is 99.2 cm³/mol. The molecule has 0 aromatic carbocycles. The Labute approximate surface area is 159 Å². The van der Waals surface area contributed by atoms with Gasteiger partial charge in [0.05, 0.1) is 36.2 Å². The smallest absolute Gasteiger partial charge is 0.303 e. The molecule has 4 heterocycles. The van der Waals surface area contributed by atoms with Gasteiger partial charge in [-0.3, -0.25) is 4.79 Å². The second-order valence-corrected chi connectivity index (χ2v) is 7.01. The monoisotopic (exact) mass is 387 g/mol. The van der Waals surface area contributed by atoms with Crippen molar-refractivity contribution in [2.75, 3.05) is 11.9 Å². The lowest BCUT2D eigenvalue weighted by Gasteiger charge is -2.35. The van der Waals surface area contributed by atoms with Crippen LogP contribution >= 0.6 is 0 Å². The summed E-state index contributed by atoms with van der Waals surface area (Å²) < 4.78 is 35.2. The van der Waals surface area contributed by atoms with Gasteiger partial charge in [0, 0.05) is 29.8 Å². The second-order valence-electron chi connectivity index (χ2n) is 7.01. The Morgan fingerprint density at radius 2 is 2.14 bits per heavy atom. The number of carbonyl (C=O) groups is 1. The quantitative estimate of drug-likeness (QED) is 0.678. The minimum absolute atomic E-state index is 0.0268. The Kier molecular flexibility index (Phi) is 4.34. The molecule has 9 heteroatoms. The number of hydrogen-bond acceptors (Lipinski definition) is 5. The van der Waals surface area contributed by atoms with Gasteiger partial charge in [-0.15, -0.1) is 0 Å². The van der Waals surface area contributed by atoms with E-state index in [1.807, 2.05) is 17.7 Å². The summed E-state index contributed by atoms with van der Waals surface area (Å²) in [5.74, 6) is -3.31. The van der Waals surface area contributed by atoms with E-state index >= 15 is 0 Å². The standard InChI is InChI=1S/C19H19F2N5O2/c1-10-4-14(25-18(24-10)19(3,20)21)13-7-26(16-8-28-11(16)2)15-6-22-17(23-9-27)5-12(13)15/h4-7,9,11,16H,8H2,1-3H3,(H,22,23,27). The van der Waals surface area contributed by atoms with Gasteiger partial charge in [0.25, 0.3) is 0 Å². The van der Waals surface area contributed by atoms with Crippen molar-refractivity contribution in [2.45, 2.75) is 38.8 Å². The maximum absolute atomic E-state index is 13.9. The van der Waals surface area contributed by atoms with Crippen LogP contribution in [0.15, 0.2) is 24.5 Å². The first kappa shape index (κ1) is 18.4. The third-order valence-electron chi connectivity index (χ3n) is 4.88. The van der Waals surface area contributed by atoms with Crippen molar-refractivity contribution in [3.8, 4) is 11.3 Å². The topological polar surface area (TPSA) is 81.9 Å². The van der Waals surface area contributed by atoms with Crippen LogP contribution in [0, 0.1) is 6.92 Å². The largest absolute Gasteiger partial charge is 0.374 e. The molecule has 7 nitrogen and oxygen atoms in total. The molecule has 3 aromatic heterocycles. The second kappa shape index (κ2) is 6.59. The minimum atomic E-state index is -3.15. The number of alkyl halides is 2. The molecule has 3 aromatic rings. The number of aromatic nitrogens is 4. The number of amides is 1. The van der Waals surface area contributed by atoms with E-state index in [9.17, 15) is 13.6 Å². The van der Waals surface area contributed by atoms with Gasteiger partial charge in [-0.1, -0.05) is 0 Å². The number of hydrogen-bond donors (Lipinski definition) is 1. The van der Waals surface area contributed by atoms with Gasteiger partial charge in [0.2, 0.25) is 6.41 Å². The Morgan fingerprint density at radius 1 is 1.36 bits per heavy atom. The maximum atomic E-state index is 13.9. The molecule has 0 radical (unpaired) electrons. The first-order valence-electron chi connectivity index (χ1n) is 8.84. The van der Waals surface area contributed by atoms with Crippen molar-refractivity contribution in [2.24, 2.45) is 0 Å². The summed E-state index contributed by atoms with van der Waals surface area (Å²) in [6.07, 6.45) is 4.09. The molecular formula is C19H19F2N5O2.